The van der Waals surface area contributed by atoms with Crippen molar-refractivity contribution in [3.8, 4) is 17.6 Å². The Morgan fingerprint density at radius 3 is 2.79 bits per heavy atom. The number of hydrogen-bond acceptors (Lipinski definition) is 2. The third kappa shape index (κ3) is 6.31. The van der Waals surface area contributed by atoms with E-state index < -0.39 is 0 Å². The van der Waals surface area contributed by atoms with E-state index in [0.717, 1.165) is 24.3 Å². The van der Waals surface area contributed by atoms with E-state index in [-0.39, 0.29) is 6.61 Å². The molecule has 0 bridgehead atoms. The zero-order chi connectivity index (χ0) is 13.9. The maximum absolute atomic E-state index is 8.76. The number of rotatable bonds is 7. The van der Waals surface area contributed by atoms with E-state index in [1.165, 1.54) is 24.8 Å². The third-order valence-electron chi connectivity index (χ3n) is 2.85. The summed E-state index contributed by atoms with van der Waals surface area (Å²) >= 11 is 0. The maximum atomic E-state index is 8.76. The van der Waals surface area contributed by atoms with Crippen molar-refractivity contribution in [3.63, 3.8) is 0 Å². The highest BCUT2D eigenvalue weighted by molar-refractivity contribution is 5.48. The van der Waals surface area contributed by atoms with Gasteiger partial charge in [-0.2, -0.15) is 0 Å². The van der Waals surface area contributed by atoms with Gasteiger partial charge in [0.2, 0.25) is 0 Å². The standard InChI is InChI=1S/C17H24O2/c1-3-4-5-8-13-19-17-11-10-15(2)14-16(17)9-6-7-12-18/h10-11,14,18H,3-5,7-8,12-13H2,1-2H3. The molecule has 2 heteroatoms. The molecule has 0 saturated heterocycles. The Kier molecular flexibility index (Phi) is 7.77. The van der Waals surface area contributed by atoms with Gasteiger partial charge in [-0.1, -0.05) is 44.1 Å². The van der Waals surface area contributed by atoms with Crippen LogP contribution in [0.2, 0.25) is 0 Å². The van der Waals surface area contributed by atoms with E-state index >= 15 is 0 Å². The lowest BCUT2D eigenvalue weighted by molar-refractivity contribution is 0.303. The van der Waals surface area contributed by atoms with E-state index in [4.69, 9.17) is 9.84 Å². The van der Waals surface area contributed by atoms with Crippen LogP contribution in [0.5, 0.6) is 5.75 Å². The van der Waals surface area contributed by atoms with Crippen molar-refractivity contribution in [2.75, 3.05) is 13.2 Å². The van der Waals surface area contributed by atoms with Gasteiger partial charge in [-0.3, -0.25) is 0 Å². The second kappa shape index (κ2) is 9.47. The summed E-state index contributed by atoms with van der Waals surface area (Å²) in [6.45, 7) is 5.10. The predicted octanol–water partition coefficient (Wildman–Crippen LogP) is 3.69. The van der Waals surface area contributed by atoms with Crippen LogP contribution in [-0.2, 0) is 0 Å². The first-order valence-electron chi connectivity index (χ1n) is 7.11. The molecule has 19 heavy (non-hydrogen) atoms. The Balaban J connectivity index is 2.59. The minimum absolute atomic E-state index is 0.103. The smallest absolute Gasteiger partial charge is 0.134 e. The lowest BCUT2D eigenvalue weighted by Crippen LogP contribution is -1.99. The van der Waals surface area contributed by atoms with Crippen LogP contribution in [0.15, 0.2) is 18.2 Å². The van der Waals surface area contributed by atoms with E-state index in [0.29, 0.717) is 6.42 Å². The number of aryl methyl sites for hydroxylation is 1. The van der Waals surface area contributed by atoms with Crippen molar-refractivity contribution < 1.29 is 9.84 Å². The molecule has 104 valence electrons. The summed E-state index contributed by atoms with van der Waals surface area (Å²) in [5.41, 5.74) is 2.09. The van der Waals surface area contributed by atoms with Gasteiger partial charge in [-0.25, -0.2) is 0 Å². The van der Waals surface area contributed by atoms with Crippen LogP contribution in [0, 0.1) is 18.8 Å². The molecule has 1 aromatic carbocycles. The Morgan fingerprint density at radius 2 is 2.05 bits per heavy atom. The lowest BCUT2D eigenvalue weighted by atomic mass is 10.1. The molecule has 0 heterocycles. The fourth-order valence-electron chi connectivity index (χ4n) is 1.79. The summed E-state index contributed by atoms with van der Waals surface area (Å²) in [6, 6.07) is 6.06. The zero-order valence-electron chi connectivity index (χ0n) is 12.0. The molecular weight excluding hydrogens is 236 g/mol. The van der Waals surface area contributed by atoms with Gasteiger partial charge < -0.3 is 9.84 Å². The molecule has 0 aliphatic carbocycles. The molecule has 2 nitrogen and oxygen atoms in total. The second-order valence-corrected chi connectivity index (χ2v) is 4.68. The summed E-state index contributed by atoms with van der Waals surface area (Å²) in [5, 5.41) is 8.76. The average Bonchev–Trinajstić information content (AvgIpc) is 2.41. The van der Waals surface area contributed by atoms with Gasteiger partial charge in [0.1, 0.15) is 5.75 Å². The Hall–Kier alpha value is -1.46. The molecule has 0 atom stereocenters. The van der Waals surface area contributed by atoms with Crippen LogP contribution >= 0.6 is 0 Å². The number of hydrogen-bond donors (Lipinski definition) is 1. The SMILES string of the molecule is CCCCCCOc1ccc(C)cc1C#CCCO. The molecule has 0 unspecified atom stereocenters. The molecule has 1 aromatic rings. The number of aliphatic hydroxyl groups excluding tert-OH is 1. The summed E-state index contributed by atoms with van der Waals surface area (Å²) in [4.78, 5) is 0. The number of benzene rings is 1. The molecular formula is C17H24O2. The second-order valence-electron chi connectivity index (χ2n) is 4.68. The molecule has 0 aliphatic rings. The summed E-state index contributed by atoms with van der Waals surface area (Å²) in [6.07, 6.45) is 5.31. The molecule has 0 fully saturated rings. The van der Waals surface area contributed by atoms with Gasteiger partial charge in [0, 0.05) is 6.42 Å². The van der Waals surface area contributed by atoms with Gasteiger partial charge in [-0.15, -0.1) is 0 Å². The quantitative estimate of drug-likeness (QED) is 0.598. The molecule has 0 saturated carbocycles. The van der Waals surface area contributed by atoms with Crippen LogP contribution < -0.4 is 4.74 Å². The average molecular weight is 260 g/mol. The predicted molar refractivity (Wildman–Crippen MR) is 79.4 cm³/mol. The fourth-order valence-corrected chi connectivity index (χ4v) is 1.79. The van der Waals surface area contributed by atoms with E-state index in [1.807, 2.05) is 25.1 Å². The van der Waals surface area contributed by atoms with Gasteiger partial charge >= 0.3 is 0 Å². The maximum Gasteiger partial charge on any atom is 0.134 e. The lowest BCUT2D eigenvalue weighted by Gasteiger charge is -2.09. The Labute approximate surface area is 116 Å². The molecule has 1 rings (SSSR count). The van der Waals surface area contributed by atoms with Crippen molar-refractivity contribution >= 4 is 0 Å². The molecule has 0 spiro atoms. The molecule has 0 radical (unpaired) electrons. The minimum atomic E-state index is 0.103. The van der Waals surface area contributed by atoms with Crippen molar-refractivity contribution in [2.45, 2.75) is 46.0 Å². The highest BCUT2D eigenvalue weighted by Gasteiger charge is 2.01. The third-order valence-corrected chi connectivity index (χ3v) is 2.85. The number of unbranched alkanes of at least 4 members (excludes halogenated alkanes) is 3. The van der Waals surface area contributed by atoms with Gasteiger partial charge in [-0.05, 0) is 31.0 Å². The Morgan fingerprint density at radius 1 is 1.21 bits per heavy atom. The van der Waals surface area contributed by atoms with Crippen LogP contribution in [0.4, 0.5) is 0 Å². The summed E-state index contributed by atoms with van der Waals surface area (Å²) < 4.78 is 5.80. The normalized spacial score (nSPS) is 9.84. The van der Waals surface area contributed by atoms with Crippen LogP contribution in [0.3, 0.4) is 0 Å². The highest BCUT2D eigenvalue weighted by Crippen LogP contribution is 2.19. The van der Waals surface area contributed by atoms with Gasteiger partial charge in [0.15, 0.2) is 0 Å². The monoisotopic (exact) mass is 260 g/mol. The fraction of sp³-hybridized carbons (Fsp3) is 0.529. The van der Waals surface area contributed by atoms with Crippen LogP contribution in [0.1, 0.15) is 50.2 Å². The highest BCUT2D eigenvalue weighted by atomic mass is 16.5. The molecule has 1 N–H and O–H groups in total. The van der Waals surface area contributed by atoms with Gasteiger partial charge in [0.05, 0.1) is 18.8 Å². The minimum Gasteiger partial charge on any atom is -0.492 e. The summed E-state index contributed by atoms with van der Waals surface area (Å²) in [5.74, 6) is 6.88. The van der Waals surface area contributed by atoms with Crippen molar-refractivity contribution in [2.24, 2.45) is 0 Å². The zero-order valence-corrected chi connectivity index (χ0v) is 12.0. The summed E-state index contributed by atoms with van der Waals surface area (Å²) in [7, 11) is 0. The number of aliphatic hydroxyl groups is 1. The first-order valence-corrected chi connectivity index (χ1v) is 7.11. The van der Waals surface area contributed by atoms with E-state index in [1.54, 1.807) is 0 Å². The molecule has 0 aliphatic heterocycles. The first-order chi connectivity index (χ1) is 9.27. The topological polar surface area (TPSA) is 29.5 Å². The first kappa shape index (κ1) is 15.6. The van der Waals surface area contributed by atoms with Crippen molar-refractivity contribution in [3.05, 3.63) is 29.3 Å². The van der Waals surface area contributed by atoms with Crippen LogP contribution in [0.25, 0.3) is 0 Å². The van der Waals surface area contributed by atoms with E-state index in [2.05, 4.69) is 18.8 Å². The molecule has 0 aromatic heterocycles. The van der Waals surface area contributed by atoms with Crippen LogP contribution in [-0.4, -0.2) is 18.3 Å². The van der Waals surface area contributed by atoms with Crippen molar-refractivity contribution in [1.29, 1.82) is 0 Å². The van der Waals surface area contributed by atoms with Crippen molar-refractivity contribution in [1.82, 2.24) is 0 Å². The van der Waals surface area contributed by atoms with Gasteiger partial charge in [0.25, 0.3) is 0 Å². The molecule has 0 amide bonds. The largest absolute Gasteiger partial charge is 0.492 e. The number of ether oxygens (including phenoxy) is 1. The Bertz CT molecular complexity index is 427. The van der Waals surface area contributed by atoms with E-state index in [9.17, 15) is 0 Å².